The van der Waals surface area contributed by atoms with Gasteiger partial charge in [-0.2, -0.15) is 5.26 Å². The second-order valence-electron chi connectivity index (χ2n) is 6.47. The third kappa shape index (κ3) is 3.89. The van der Waals surface area contributed by atoms with Crippen molar-refractivity contribution in [2.24, 2.45) is 11.8 Å². The predicted molar refractivity (Wildman–Crippen MR) is 86.4 cm³/mol. The van der Waals surface area contributed by atoms with Crippen molar-refractivity contribution >= 4 is 17.5 Å². The number of carbonyl (C=O) groups excluding carboxylic acids is 2. The van der Waals surface area contributed by atoms with Crippen LogP contribution in [0.25, 0.3) is 0 Å². The number of nitriles is 1. The molecule has 0 saturated heterocycles. The molecular weight excluding hydrogens is 290 g/mol. The molecule has 120 valence electrons. The molecule has 1 aromatic carbocycles. The van der Waals surface area contributed by atoms with E-state index in [-0.39, 0.29) is 23.7 Å². The lowest BCUT2D eigenvalue weighted by Gasteiger charge is -2.22. The van der Waals surface area contributed by atoms with Crippen molar-refractivity contribution in [1.29, 1.82) is 5.26 Å². The lowest BCUT2D eigenvalue weighted by molar-refractivity contribution is -0.126. The zero-order valence-corrected chi connectivity index (χ0v) is 13.0. The Morgan fingerprint density at radius 3 is 2.30 bits per heavy atom. The molecule has 0 aromatic heterocycles. The van der Waals surface area contributed by atoms with Gasteiger partial charge in [-0.15, -0.1) is 0 Å². The van der Waals surface area contributed by atoms with Crippen LogP contribution in [0.2, 0.25) is 0 Å². The van der Waals surface area contributed by atoms with Gasteiger partial charge in [-0.1, -0.05) is 19.3 Å². The van der Waals surface area contributed by atoms with Gasteiger partial charge >= 0.3 is 0 Å². The van der Waals surface area contributed by atoms with Gasteiger partial charge < -0.3 is 10.6 Å². The van der Waals surface area contributed by atoms with E-state index in [1.54, 1.807) is 24.3 Å². The van der Waals surface area contributed by atoms with E-state index in [4.69, 9.17) is 5.26 Å². The highest BCUT2D eigenvalue weighted by Gasteiger charge is 2.48. The van der Waals surface area contributed by atoms with Crippen LogP contribution in [-0.2, 0) is 9.59 Å². The van der Waals surface area contributed by atoms with Gasteiger partial charge in [0, 0.05) is 11.7 Å². The van der Waals surface area contributed by atoms with Gasteiger partial charge in [0.05, 0.1) is 23.5 Å². The van der Waals surface area contributed by atoms with Crippen molar-refractivity contribution in [3.05, 3.63) is 29.8 Å². The summed E-state index contributed by atoms with van der Waals surface area (Å²) in [5.74, 6) is -0.500. The fourth-order valence-corrected chi connectivity index (χ4v) is 3.19. The second kappa shape index (κ2) is 6.82. The monoisotopic (exact) mass is 311 g/mol. The Morgan fingerprint density at radius 2 is 1.65 bits per heavy atom. The molecule has 5 nitrogen and oxygen atoms in total. The number of hydrogen-bond acceptors (Lipinski definition) is 3. The lowest BCUT2D eigenvalue weighted by Crippen LogP contribution is -2.37. The Morgan fingerprint density at radius 1 is 1.00 bits per heavy atom. The number of amides is 2. The van der Waals surface area contributed by atoms with Gasteiger partial charge in [0.15, 0.2) is 0 Å². The molecular formula is C18H21N3O2. The lowest BCUT2D eigenvalue weighted by atomic mass is 9.95. The van der Waals surface area contributed by atoms with Crippen molar-refractivity contribution in [2.75, 3.05) is 5.32 Å². The van der Waals surface area contributed by atoms with E-state index in [9.17, 15) is 9.59 Å². The largest absolute Gasteiger partial charge is 0.353 e. The van der Waals surface area contributed by atoms with E-state index in [1.165, 1.54) is 19.3 Å². The zero-order chi connectivity index (χ0) is 16.2. The van der Waals surface area contributed by atoms with E-state index in [1.807, 2.05) is 6.07 Å². The first kappa shape index (κ1) is 15.5. The molecule has 0 spiro atoms. The molecule has 0 bridgehead atoms. The Hall–Kier alpha value is -2.35. The van der Waals surface area contributed by atoms with E-state index >= 15 is 0 Å². The van der Waals surface area contributed by atoms with Crippen LogP contribution in [-0.4, -0.2) is 17.9 Å². The maximum Gasteiger partial charge on any atom is 0.228 e. The number of hydrogen-bond donors (Lipinski definition) is 2. The zero-order valence-electron chi connectivity index (χ0n) is 13.0. The fourth-order valence-electron chi connectivity index (χ4n) is 3.19. The molecule has 2 aliphatic carbocycles. The second-order valence-corrected chi connectivity index (χ2v) is 6.47. The van der Waals surface area contributed by atoms with Crippen molar-refractivity contribution < 1.29 is 9.59 Å². The number of nitrogens with zero attached hydrogens (tertiary/aromatic N) is 1. The Bertz CT molecular complexity index is 627. The van der Waals surface area contributed by atoms with Crippen LogP contribution in [0.5, 0.6) is 0 Å². The average molecular weight is 311 g/mol. The van der Waals surface area contributed by atoms with Crippen LogP contribution in [0.4, 0.5) is 5.69 Å². The number of benzene rings is 1. The first-order chi connectivity index (χ1) is 11.2. The molecule has 3 rings (SSSR count). The molecule has 2 fully saturated rings. The normalized spacial score (nSPS) is 23.6. The van der Waals surface area contributed by atoms with Gasteiger partial charge in [-0.05, 0) is 43.5 Å². The Labute approximate surface area is 136 Å². The van der Waals surface area contributed by atoms with Crippen molar-refractivity contribution in [2.45, 2.75) is 44.6 Å². The third-order valence-corrected chi connectivity index (χ3v) is 4.70. The number of rotatable bonds is 4. The smallest absolute Gasteiger partial charge is 0.228 e. The molecule has 0 radical (unpaired) electrons. The van der Waals surface area contributed by atoms with Crippen molar-refractivity contribution in [3.63, 3.8) is 0 Å². The first-order valence-electron chi connectivity index (χ1n) is 8.29. The van der Waals surface area contributed by atoms with Gasteiger partial charge in [0.25, 0.3) is 0 Å². The molecule has 2 unspecified atom stereocenters. The van der Waals surface area contributed by atoms with Gasteiger partial charge in [0.2, 0.25) is 11.8 Å². The van der Waals surface area contributed by atoms with Crippen molar-refractivity contribution in [1.82, 2.24) is 5.32 Å². The Balaban J connectivity index is 1.48. The summed E-state index contributed by atoms with van der Waals surface area (Å²) in [6.45, 7) is 0. The minimum absolute atomic E-state index is 0.0249. The minimum atomic E-state index is -0.228. The van der Waals surface area contributed by atoms with Crippen LogP contribution in [0.3, 0.4) is 0 Å². The summed E-state index contributed by atoms with van der Waals surface area (Å²) in [4.78, 5) is 24.4. The topological polar surface area (TPSA) is 82.0 Å². The van der Waals surface area contributed by atoms with E-state index < -0.39 is 0 Å². The third-order valence-electron chi connectivity index (χ3n) is 4.70. The molecule has 2 aliphatic rings. The highest BCUT2D eigenvalue weighted by atomic mass is 16.2. The fraction of sp³-hybridized carbons (Fsp3) is 0.500. The minimum Gasteiger partial charge on any atom is -0.353 e. The molecule has 0 heterocycles. The molecule has 2 saturated carbocycles. The van der Waals surface area contributed by atoms with Gasteiger partial charge in [-0.3, -0.25) is 9.59 Å². The SMILES string of the molecule is N#Cc1ccc(NC(=O)C2CC2C(=O)NC2CCCCC2)cc1. The molecule has 23 heavy (non-hydrogen) atoms. The molecule has 1 aromatic rings. The van der Waals surface area contributed by atoms with Gasteiger partial charge in [-0.25, -0.2) is 0 Å². The quantitative estimate of drug-likeness (QED) is 0.896. The summed E-state index contributed by atoms with van der Waals surface area (Å²) in [7, 11) is 0. The first-order valence-corrected chi connectivity index (χ1v) is 8.29. The number of carbonyl (C=O) groups is 2. The maximum atomic E-state index is 12.2. The van der Waals surface area contributed by atoms with Crippen LogP contribution in [0.15, 0.2) is 24.3 Å². The standard InChI is InChI=1S/C18H21N3O2/c19-11-12-6-8-14(9-7-12)21-18(23)16-10-15(16)17(22)20-13-4-2-1-3-5-13/h6-9,13,15-16H,1-5,10H2,(H,20,22)(H,21,23). The molecule has 5 heteroatoms. The number of nitrogens with one attached hydrogen (secondary N) is 2. The summed E-state index contributed by atoms with van der Waals surface area (Å²) in [6, 6.07) is 9.06. The summed E-state index contributed by atoms with van der Waals surface area (Å²) in [5, 5.41) is 14.7. The summed E-state index contributed by atoms with van der Waals surface area (Å²) >= 11 is 0. The summed E-state index contributed by atoms with van der Waals surface area (Å²) in [5.41, 5.74) is 1.21. The van der Waals surface area contributed by atoms with Crippen LogP contribution >= 0.6 is 0 Å². The summed E-state index contributed by atoms with van der Waals surface area (Å²) in [6.07, 6.45) is 6.35. The van der Waals surface area contributed by atoms with Crippen molar-refractivity contribution in [3.8, 4) is 6.07 Å². The highest BCUT2D eigenvalue weighted by Crippen LogP contribution is 2.39. The highest BCUT2D eigenvalue weighted by molar-refractivity contribution is 5.99. The average Bonchev–Trinajstić information content (AvgIpc) is 3.37. The Kier molecular flexibility index (Phi) is 4.61. The van der Waals surface area contributed by atoms with E-state index in [0.29, 0.717) is 23.7 Å². The molecule has 0 aliphatic heterocycles. The summed E-state index contributed by atoms with van der Waals surface area (Å²) < 4.78 is 0. The van der Waals surface area contributed by atoms with Gasteiger partial charge in [0.1, 0.15) is 0 Å². The molecule has 2 amide bonds. The van der Waals surface area contributed by atoms with E-state index in [2.05, 4.69) is 10.6 Å². The number of anilines is 1. The predicted octanol–water partition coefficient (Wildman–Crippen LogP) is 2.58. The van der Waals surface area contributed by atoms with E-state index in [0.717, 1.165) is 12.8 Å². The maximum absolute atomic E-state index is 12.2. The molecule has 2 N–H and O–H groups in total. The molecule has 2 atom stereocenters. The van der Waals surface area contributed by atoms with Crippen LogP contribution in [0.1, 0.15) is 44.1 Å². The van der Waals surface area contributed by atoms with Crippen LogP contribution in [0, 0.1) is 23.2 Å². The van der Waals surface area contributed by atoms with Crippen LogP contribution < -0.4 is 10.6 Å².